The molecule has 0 aromatic rings. The Labute approximate surface area is 99.1 Å². The molecule has 0 saturated heterocycles. The molecule has 2 amide bonds. The molecule has 0 heterocycles. The van der Waals surface area contributed by atoms with E-state index in [4.69, 9.17) is 0 Å². The Hall–Kier alpha value is -0.940. The Morgan fingerprint density at radius 3 is 2.47 bits per heavy atom. The lowest BCUT2D eigenvalue weighted by molar-refractivity contribution is -0.122. The monoisotopic (exact) mass is 252 g/mol. The zero-order chi connectivity index (χ0) is 13.1. The highest BCUT2D eigenvalue weighted by molar-refractivity contribution is 5.74. The van der Waals surface area contributed by atoms with Crippen LogP contribution in [0.2, 0.25) is 0 Å². The second kappa shape index (κ2) is 5.60. The van der Waals surface area contributed by atoms with Gasteiger partial charge in [-0.15, -0.1) is 0 Å². The molecule has 2 N–H and O–H groups in total. The molecule has 1 fully saturated rings. The number of alkyl halides is 3. The number of halogens is 3. The largest absolute Gasteiger partial charge is 0.405 e. The summed E-state index contributed by atoms with van der Waals surface area (Å²) in [4.78, 5) is 11.3. The lowest BCUT2D eigenvalue weighted by Crippen LogP contribution is -2.46. The van der Waals surface area contributed by atoms with Crippen molar-refractivity contribution in [1.82, 2.24) is 10.6 Å². The van der Waals surface area contributed by atoms with Crippen LogP contribution in [0.5, 0.6) is 0 Å². The molecule has 3 unspecified atom stereocenters. The summed E-state index contributed by atoms with van der Waals surface area (Å²) in [5.74, 6) is 0.888. The normalized spacial score (nSPS) is 29.1. The van der Waals surface area contributed by atoms with Crippen molar-refractivity contribution in [1.29, 1.82) is 0 Å². The molecule has 100 valence electrons. The van der Waals surface area contributed by atoms with E-state index in [1.54, 1.807) is 0 Å². The van der Waals surface area contributed by atoms with Crippen LogP contribution in [-0.2, 0) is 0 Å². The molecule has 6 heteroatoms. The number of amides is 2. The summed E-state index contributed by atoms with van der Waals surface area (Å²) >= 11 is 0. The predicted octanol–water partition coefficient (Wildman–Crippen LogP) is 2.67. The van der Waals surface area contributed by atoms with Crippen LogP contribution in [0.1, 0.15) is 33.1 Å². The molecule has 3 nitrogen and oxygen atoms in total. The lowest BCUT2D eigenvalue weighted by atomic mass is 9.94. The zero-order valence-electron chi connectivity index (χ0n) is 10.1. The van der Waals surface area contributed by atoms with Gasteiger partial charge in [0, 0.05) is 6.04 Å². The Bertz CT molecular complexity index is 268. The van der Waals surface area contributed by atoms with Gasteiger partial charge in [0.05, 0.1) is 0 Å². The summed E-state index contributed by atoms with van der Waals surface area (Å²) in [5, 5.41) is 4.44. The quantitative estimate of drug-likeness (QED) is 0.796. The highest BCUT2D eigenvalue weighted by Gasteiger charge is 2.33. The number of hydrogen-bond acceptors (Lipinski definition) is 1. The molecule has 1 rings (SSSR count). The van der Waals surface area contributed by atoms with Crippen molar-refractivity contribution < 1.29 is 18.0 Å². The summed E-state index contributed by atoms with van der Waals surface area (Å²) in [7, 11) is 0. The van der Waals surface area contributed by atoms with Gasteiger partial charge >= 0.3 is 12.2 Å². The van der Waals surface area contributed by atoms with Crippen molar-refractivity contribution in [2.75, 3.05) is 6.54 Å². The van der Waals surface area contributed by atoms with E-state index >= 15 is 0 Å². The van der Waals surface area contributed by atoms with Crippen molar-refractivity contribution >= 4 is 6.03 Å². The van der Waals surface area contributed by atoms with E-state index in [-0.39, 0.29) is 6.04 Å². The van der Waals surface area contributed by atoms with Crippen LogP contribution >= 0.6 is 0 Å². The Balaban J connectivity index is 2.32. The molecule has 0 bridgehead atoms. The van der Waals surface area contributed by atoms with E-state index in [1.807, 2.05) is 12.2 Å². The molecule has 0 aromatic heterocycles. The van der Waals surface area contributed by atoms with E-state index in [2.05, 4.69) is 12.2 Å². The summed E-state index contributed by atoms with van der Waals surface area (Å²) in [6, 6.07) is -0.732. The van der Waals surface area contributed by atoms with Crippen LogP contribution in [0.4, 0.5) is 18.0 Å². The number of urea groups is 1. The van der Waals surface area contributed by atoms with Crippen molar-refractivity contribution in [3.8, 4) is 0 Å². The fraction of sp³-hybridized carbons (Fsp3) is 0.909. The van der Waals surface area contributed by atoms with Crippen molar-refractivity contribution in [3.05, 3.63) is 0 Å². The third-order valence-electron chi connectivity index (χ3n) is 3.52. The number of hydrogen-bond donors (Lipinski definition) is 2. The highest BCUT2D eigenvalue weighted by Crippen LogP contribution is 2.33. The summed E-state index contributed by atoms with van der Waals surface area (Å²) in [5.41, 5.74) is 0. The average molecular weight is 252 g/mol. The van der Waals surface area contributed by atoms with Gasteiger partial charge in [-0.3, -0.25) is 0 Å². The number of nitrogens with one attached hydrogen (secondary N) is 2. The minimum atomic E-state index is -4.36. The molecular weight excluding hydrogens is 233 g/mol. The first kappa shape index (κ1) is 14.1. The number of rotatable bonds is 3. The Morgan fingerprint density at radius 2 is 2.00 bits per heavy atom. The molecule has 1 saturated carbocycles. The molecule has 1 aliphatic rings. The molecular formula is C11H19F3N2O. The molecule has 0 radical (unpaired) electrons. The smallest absolute Gasteiger partial charge is 0.335 e. The van der Waals surface area contributed by atoms with Gasteiger partial charge < -0.3 is 10.6 Å². The maximum atomic E-state index is 11.9. The maximum Gasteiger partial charge on any atom is 0.405 e. The van der Waals surface area contributed by atoms with E-state index < -0.39 is 18.8 Å². The number of carbonyl (C=O) groups is 1. The molecule has 1 aliphatic carbocycles. The molecule has 3 atom stereocenters. The van der Waals surface area contributed by atoms with Crippen molar-refractivity contribution in [2.24, 2.45) is 11.8 Å². The molecule has 17 heavy (non-hydrogen) atoms. The van der Waals surface area contributed by atoms with Gasteiger partial charge in [0.15, 0.2) is 0 Å². The van der Waals surface area contributed by atoms with Gasteiger partial charge in [0.25, 0.3) is 0 Å². The van der Waals surface area contributed by atoms with Gasteiger partial charge in [-0.2, -0.15) is 13.2 Å². The second-order valence-electron chi connectivity index (χ2n) is 4.65. The number of carbonyl (C=O) groups excluding carboxylic acids is 1. The van der Waals surface area contributed by atoms with Gasteiger partial charge in [0.2, 0.25) is 0 Å². The molecule has 0 spiro atoms. The van der Waals surface area contributed by atoms with Crippen LogP contribution in [0.25, 0.3) is 0 Å². The van der Waals surface area contributed by atoms with E-state index in [0.717, 1.165) is 19.3 Å². The van der Waals surface area contributed by atoms with Gasteiger partial charge in [-0.05, 0) is 24.7 Å². The van der Waals surface area contributed by atoms with E-state index in [0.29, 0.717) is 11.8 Å². The molecule has 0 aliphatic heterocycles. The first-order chi connectivity index (χ1) is 7.83. The standard InChI is InChI=1S/C11H19F3N2O/c1-3-8-4-5-9(7(8)2)16-10(17)15-6-11(12,13)14/h7-9H,3-6H2,1-2H3,(H2,15,16,17). The predicted molar refractivity (Wildman–Crippen MR) is 58.6 cm³/mol. The van der Waals surface area contributed by atoms with Gasteiger partial charge in [-0.25, -0.2) is 4.79 Å². The van der Waals surface area contributed by atoms with E-state index in [1.165, 1.54) is 0 Å². The zero-order valence-corrected chi connectivity index (χ0v) is 10.1. The first-order valence-corrected chi connectivity index (χ1v) is 5.94. The minimum absolute atomic E-state index is 0.00631. The summed E-state index contributed by atoms with van der Waals surface area (Å²) in [6.07, 6.45) is -1.44. The first-order valence-electron chi connectivity index (χ1n) is 5.94. The van der Waals surface area contributed by atoms with Crippen LogP contribution in [0.3, 0.4) is 0 Å². The van der Waals surface area contributed by atoms with Crippen LogP contribution < -0.4 is 10.6 Å². The highest BCUT2D eigenvalue weighted by atomic mass is 19.4. The Kier molecular flexibility index (Phi) is 4.65. The maximum absolute atomic E-state index is 11.9. The lowest BCUT2D eigenvalue weighted by Gasteiger charge is -2.21. The SMILES string of the molecule is CCC1CCC(NC(=O)NCC(F)(F)F)C1C. The van der Waals surface area contributed by atoms with Gasteiger partial charge in [-0.1, -0.05) is 20.3 Å². The van der Waals surface area contributed by atoms with E-state index in [9.17, 15) is 18.0 Å². The van der Waals surface area contributed by atoms with Crippen LogP contribution in [0, 0.1) is 11.8 Å². The van der Waals surface area contributed by atoms with Gasteiger partial charge in [0.1, 0.15) is 6.54 Å². The van der Waals surface area contributed by atoms with Crippen LogP contribution in [0.15, 0.2) is 0 Å². The summed E-state index contributed by atoms with van der Waals surface area (Å²) in [6.45, 7) is 2.85. The van der Waals surface area contributed by atoms with Crippen LogP contribution in [-0.4, -0.2) is 24.8 Å². The summed E-state index contributed by atoms with van der Waals surface area (Å²) < 4.78 is 35.6. The molecule has 0 aromatic carbocycles. The Morgan fingerprint density at radius 1 is 1.35 bits per heavy atom. The van der Waals surface area contributed by atoms with Crippen molar-refractivity contribution in [3.63, 3.8) is 0 Å². The fourth-order valence-corrected chi connectivity index (χ4v) is 2.43. The van der Waals surface area contributed by atoms with Crippen molar-refractivity contribution in [2.45, 2.75) is 45.3 Å². The fourth-order valence-electron chi connectivity index (χ4n) is 2.43. The third-order valence-corrected chi connectivity index (χ3v) is 3.52. The second-order valence-corrected chi connectivity index (χ2v) is 4.65. The minimum Gasteiger partial charge on any atom is -0.335 e. The topological polar surface area (TPSA) is 41.1 Å². The average Bonchev–Trinajstić information content (AvgIpc) is 2.56. The third kappa shape index (κ3) is 4.44.